The molecule has 1 saturated heterocycles. The van der Waals surface area contributed by atoms with Gasteiger partial charge < -0.3 is 14.2 Å². The molecule has 0 saturated carbocycles. The number of ether oxygens (including phenoxy) is 3. The highest BCUT2D eigenvalue weighted by Gasteiger charge is 2.22. The molecule has 3 aromatic carbocycles. The largest absolute Gasteiger partial charge is 0.491 e. The highest BCUT2D eigenvalue weighted by atomic mass is 19.2. The number of hydrogen-bond acceptors (Lipinski definition) is 3. The minimum atomic E-state index is -1.01. The second-order valence-electron chi connectivity index (χ2n) is 10.3. The lowest BCUT2D eigenvalue weighted by molar-refractivity contribution is -0.182. The molecule has 0 aromatic heterocycles. The van der Waals surface area contributed by atoms with E-state index in [1.807, 2.05) is 6.07 Å². The van der Waals surface area contributed by atoms with Crippen molar-refractivity contribution in [3.05, 3.63) is 77.6 Å². The maximum atomic E-state index is 14.9. The Balaban J connectivity index is 1.29. The molecule has 1 aliphatic heterocycles. The molecule has 1 fully saturated rings. The van der Waals surface area contributed by atoms with Crippen molar-refractivity contribution in [2.75, 3.05) is 13.2 Å². The van der Waals surface area contributed by atoms with Gasteiger partial charge in [0, 0.05) is 11.1 Å². The maximum absolute atomic E-state index is 14.9. The Morgan fingerprint density at radius 1 is 0.795 bits per heavy atom. The normalized spacial score (nSPS) is 17.4. The van der Waals surface area contributed by atoms with Gasteiger partial charge in [0.2, 0.25) is 5.82 Å². The van der Waals surface area contributed by atoms with E-state index in [1.54, 1.807) is 37.3 Å². The van der Waals surface area contributed by atoms with E-state index in [0.29, 0.717) is 29.2 Å². The Kier molecular flexibility index (Phi) is 10.9. The van der Waals surface area contributed by atoms with Crippen molar-refractivity contribution in [3.8, 4) is 28.0 Å². The average molecular weight is 541 g/mol. The predicted octanol–water partition coefficient (Wildman–Crippen LogP) is 9.47. The first-order valence-corrected chi connectivity index (χ1v) is 14.2. The molecule has 0 radical (unpaired) electrons. The molecule has 2 atom stereocenters. The van der Waals surface area contributed by atoms with Crippen LogP contribution >= 0.6 is 0 Å². The summed E-state index contributed by atoms with van der Waals surface area (Å²) in [4.78, 5) is 0. The summed E-state index contributed by atoms with van der Waals surface area (Å²) < 4.78 is 60.7. The molecular formula is C33H39F3O3. The summed E-state index contributed by atoms with van der Waals surface area (Å²) in [5, 5.41) is 0. The first-order chi connectivity index (χ1) is 19.0. The van der Waals surface area contributed by atoms with E-state index >= 15 is 0 Å². The van der Waals surface area contributed by atoms with E-state index in [9.17, 15) is 13.2 Å². The molecule has 4 rings (SSSR count). The van der Waals surface area contributed by atoms with Crippen molar-refractivity contribution in [2.24, 2.45) is 5.92 Å². The quantitative estimate of drug-likeness (QED) is 0.202. The van der Waals surface area contributed by atoms with Gasteiger partial charge in [0.25, 0.3) is 0 Å². The van der Waals surface area contributed by atoms with Crippen LogP contribution in [0.25, 0.3) is 22.3 Å². The van der Waals surface area contributed by atoms with Crippen molar-refractivity contribution in [1.29, 1.82) is 0 Å². The van der Waals surface area contributed by atoms with Crippen LogP contribution in [-0.4, -0.2) is 19.5 Å². The van der Waals surface area contributed by atoms with Gasteiger partial charge in [-0.15, -0.1) is 0 Å². The van der Waals surface area contributed by atoms with Crippen LogP contribution in [-0.2, 0) is 16.1 Å². The Morgan fingerprint density at radius 2 is 1.54 bits per heavy atom. The first-order valence-electron chi connectivity index (χ1n) is 14.2. The zero-order valence-electron chi connectivity index (χ0n) is 23.0. The predicted molar refractivity (Wildman–Crippen MR) is 149 cm³/mol. The van der Waals surface area contributed by atoms with E-state index in [-0.39, 0.29) is 36.6 Å². The summed E-state index contributed by atoms with van der Waals surface area (Å²) in [6.07, 6.45) is 9.29. The van der Waals surface area contributed by atoms with E-state index in [4.69, 9.17) is 14.2 Å². The topological polar surface area (TPSA) is 27.7 Å². The van der Waals surface area contributed by atoms with Crippen LogP contribution in [0.4, 0.5) is 13.2 Å². The molecule has 6 heteroatoms. The second kappa shape index (κ2) is 14.5. The molecule has 1 aliphatic rings. The van der Waals surface area contributed by atoms with Crippen molar-refractivity contribution >= 4 is 0 Å². The van der Waals surface area contributed by atoms with Gasteiger partial charge in [0.05, 0.1) is 19.8 Å². The third-order valence-corrected chi connectivity index (χ3v) is 7.40. The number of halogens is 3. The highest BCUT2D eigenvalue weighted by molar-refractivity contribution is 5.71. The zero-order chi connectivity index (χ0) is 27.6. The summed E-state index contributed by atoms with van der Waals surface area (Å²) in [6, 6.07) is 14.9. The molecule has 39 heavy (non-hydrogen) atoms. The SMILES string of the molecule is CCCCCCCC1CCC(OCc2ccc(-c3ccc(-c4ccc(OCC)c(F)c4F)cc3)cc2F)OC1. The van der Waals surface area contributed by atoms with Crippen molar-refractivity contribution < 1.29 is 27.4 Å². The average Bonchev–Trinajstić information content (AvgIpc) is 2.96. The van der Waals surface area contributed by atoms with Gasteiger partial charge in [-0.3, -0.25) is 0 Å². The lowest BCUT2D eigenvalue weighted by atomic mass is 9.95. The van der Waals surface area contributed by atoms with Gasteiger partial charge in [-0.25, -0.2) is 8.78 Å². The summed E-state index contributed by atoms with van der Waals surface area (Å²) in [6.45, 7) is 5.06. The number of rotatable bonds is 13. The van der Waals surface area contributed by atoms with Gasteiger partial charge in [-0.1, -0.05) is 75.4 Å². The Hall–Kier alpha value is -2.83. The summed E-state index contributed by atoms with van der Waals surface area (Å²) >= 11 is 0. The van der Waals surface area contributed by atoms with Crippen LogP contribution in [0.5, 0.6) is 5.75 Å². The lowest BCUT2D eigenvalue weighted by Gasteiger charge is -2.29. The smallest absolute Gasteiger partial charge is 0.201 e. The molecule has 0 aliphatic carbocycles. The van der Waals surface area contributed by atoms with Crippen molar-refractivity contribution in [2.45, 2.75) is 78.1 Å². The van der Waals surface area contributed by atoms with Gasteiger partial charge >= 0.3 is 0 Å². The number of unbranched alkanes of at least 4 members (excludes halogenated alkanes) is 4. The molecule has 1 heterocycles. The first kappa shape index (κ1) is 29.2. The minimum absolute atomic E-state index is 0.109. The maximum Gasteiger partial charge on any atom is 0.201 e. The molecule has 3 nitrogen and oxygen atoms in total. The fraction of sp³-hybridized carbons (Fsp3) is 0.455. The second-order valence-corrected chi connectivity index (χ2v) is 10.3. The van der Waals surface area contributed by atoms with E-state index in [1.165, 1.54) is 56.7 Å². The molecule has 0 amide bonds. The third-order valence-electron chi connectivity index (χ3n) is 7.40. The molecule has 0 bridgehead atoms. The molecular weight excluding hydrogens is 501 g/mol. The van der Waals surface area contributed by atoms with E-state index < -0.39 is 11.6 Å². The summed E-state index contributed by atoms with van der Waals surface area (Å²) in [5.41, 5.74) is 2.60. The minimum Gasteiger partial charge on any atom is -0.491 e. The Bertz CT molecular complexity index is 1190. The van der Waals surface area contributed by atoms with Gasteiger partial charge in [0.15, 0.2) is 17.9 Å². The van der Waals surface area contributed by atoms with Gasteiger partial charge in [0.1, 0.15) is 5.82 Å². The third kappa shape index (κ3) is 7.86. The van der Waals surface area contributed by atoms with Crippen LogP contribution in [0.3, 0.4) is 0 Å². The Morgan fingerprint density at radius 3 is 2.23 bits per heavy atom. The van der Waals surface area contributed by atoms with Crippen LogP contribution in [0.15, 0.2) is 54.6 Å². The van der Waals surface area contributed by atoms with Crippen molar-refractivity contribution in [3.63, 3.8) is 0 Å². The summed E-state index contributed by atoms with van der Waals surface area (Å²) in [5.74, 6) is -1.82. The van der Waals surface area contributed by atoms with Crippen molar-refractivity contribution in [1.82, 2.24) is 0 Å². The van der Waals surface area contributed by atoms with E-state index in [2.05, 4.69) is 6.92 Å². The fourth-order valence-electron chi connectivity index (χ4n) is 5.07. The molecule has 210 valence electrons. The Labute approximate surface area is 230 Å². The van der Waals surface area contributed by atoms with Crippen LogP contribution in [0, 0.1) is 23.4 Å². The lowest BCUT2D eigenvalue weighted by Crippen LogP contribution is -2.28. The molecule has 3 aromatic rings. The summed E-state index contributed by atoms with van der Waals surface area (Å²) in [7, 11) is 0. The van der Waals surface area contributed by atoms with Gasteiger partial charge in [-0.05, 0) is 67.0 Å². The van der Waals surface area contributed by atoms with Crippen LogP contribution in [0.2, 0.25) is 0 Å². The van der Waals surface area contributed by atoms with Crippen LogP contribution in [0.1, 0.15) is 70.8 Å². The number of hydrogen-bond donors (Lipinski definition) is 0. The number of benzene rings is 3. The van der Waals surface area contributed by atoms with Crippen LogP contribution < -0.4 is 4.74 Å². The highest BCUT2D eigenvalue weighted by Crippen LogP contribution is 2.32. The van der Waals surface area contributed by atoms with Gasteiger partial charge in [-0.2, -0.15) is 4.39 Å². The van der Waals surface area contributed by atoms with E-state index in [0.717, 1.165) is 18.4 Å². The molecule has 0 N–H and O–H groups in total. The molecule has 0 spiro atoms. The fourth-order valence-corrected chi connectivity index (χ4v) is 5.07. The standard InChI is InChI=1S/C33H39F3O3/c1-3-5-6-7-8-9-23-10-19-31(38-21-23)39-22-27-16-15-26(20-29(27)34)24-11-13-25(14-12-24)28-17-18-30(37-4-2)33(36)32(28)35/h11-18,20,23,31H,3-10,19,21-22H2,1-2H3. The monoisotopic (exact) mass is 540 g/mol. The molecule has 2 unspecified atom stereocenters. The zero-order valence-corrected chi connectivity index (χ0v) is 23.0.